The minimum atomic E-state index is 0.702. The number of aromatic nitrogens is 2. The van der Waals surface area contributed by atoms with Crippen molar-refractivity contribution in [3.8, 4) is 0 Å². The van der Waals surface area contributed by atoms with Gasteiger partial charge in [0.05, 0.1) is 17.6 Å². The van der Waals surface area contributed by atoms with Crippen LogP contribution in [0.3, 0.4) is 0 Å². The normalized spacial score (nSPS) is 11.3. The lowest BCUT2D eigenvalue weighted by Crippen LogP contribution is -2.11. The van der Waals surface area contributed by atoms with E-state index in [9.17, 15) is 0 Å². The van der Waals surface area contributed by atoms with Crippen LogP contribution >= 0.6 is 0 Å². The molecule has 0 saturated heterocycles. The Labute approximate surface area is 108 Å². The van der Waals surface area contributed by atoms with Crippen LogP contribution in [0.1, 0.15) is 20.3 Å². The van der Waals surface area contributed by atoms with E-state index in [4.69, 9.17) is 4.74 Å². The van der Waals surface area contributed by atoms with Crippen molar-refractivity contribution >= 4 is 17.0 Å². The van der Waals surface area contributed by atoms with E-state index >= 15 is 0 Å². The van der Waals surface area contributed by atoms with Crippen LogP contribution in [0.25, 0.3) is 11.0 Å². The van der Waals surface area contributed by atoms with Crippen molar-refractivity contribution in [1.29, 1.82) is 0 Å². The Morgan fingerprint density at radius 1 is 1.28 bits per heavy atom. The molecular weight excluding hydrogens is 226 g/mol. The summed E-state index contributed by atoms with van der Waals surface area (Å²) in [6, 6.07) is 8.00. The van der Waals surface area contributed by atoms with Gasteiger partial charge in [0, 0.05) is 13.2 Å². The molecule has 1 aromatic heterocycles. The van der Waals surface area contributed by atoms with E-state index in [1.54, 1.807) is 0 Å². The van der Waals surface area contributed by atoms with Crippen LogP contribution in [0.15, 0.2) is 24.3 Å². The summed E-state index contributed by atoms with van der Waals surface area (Å²) in [5.41, 5.74) is 2.04. The highest BCUT2D eigenvalue weighted by Crippen LogP contribution is 2.12. The van der Waals surface area contributed by atoms with Crippen molar-refractivity contribution < 1.29 is 4.74 Å². The van der Waals surface area contributed by atoms with Gasteiger partial charge in [-0.3, -0.25) is 0 Å². The number of nitrogens with one attached hydrogen (secondary N) is 2. The minimum absolute atomic E-state index is 0.702. The van der Waals surface area contributed by atoms with Gasteiger partial charge in [0.1, 0.15) is 0 Å². The number of para-hydroxylation sites is 2. The second-order valence-corrected chi connectivity index (χ2v) is 4.82. The van der Waals surface area contributed by atoms with Crippen LogP contribution in [0.5, 0.6) is 0 Å². The Balaban J connectivity index is 1.70. The molecule has 2 rings (SSSR count). The Hall–Kier alpha value is -1.55. The second-order valence-electron chi connectivity index (χ2n) is 4.82. The summed E-state index contributed by atoms with van der Waals surface area (Å²) in [4.78, 5) is 7.66. The van der Waals surface area contributed by atoms with Crippen LogP contribution < -0.4 is 5.32 Å². The Kier molecular flexibility index (Phi) is 4.59. The molecule has 0 saturated carbocycles. The summed E-state index contributed by atoms with van der Waals surface area (Å²) in [5, 5.41) is 3.23. The maximum atomic E-state index is 5.54. The topological polar surface area (TPSA) is 49.9 Å². The molecule has 0 amide bonds. The number of rotatable bonds is 7. The number of benzene rings is 1. The first-order valence-corrected chi connectivity index (χ1v) is 6.52. The fraction of sp³-hybridized carbons (Fsp3) is 0.500. The summed E-state index contributed by atoms with van der Waals surface area (Å²) in [6.07, 6.45) is 1.12. The molecule has 0 fully saturated rings. The van der Waals surface area contributed by atoms with Gasteiger partial charge in [-0.1, -0.05) is 26.0 Å². The van der Waals surface area contributed by atoms with Crippen LogP contribution in [0.2, 0.25) is 0 Å². The number of imidazole rings is 1. The molecule has 2 aromatic rings. The highest BCUT2D eigenvalue weighted by molar-refractivity contribution is 5.77. The molecule has 4 nitrogen and oxygen atoms in total. The maximum Gasteiger partial charge on any atom is 0.201 e. The number of aromatic amines is 1. The van der Waals surface area contributed by atoms with Gasteiger partial charge >= 0.3 is 0 Å². The number of anilines is 1. The molecule has 98 valence electrons. The zero-order chi connectivity index (χ0) is 12.8. The Morgan fingerprint density at radius 3 is 2.89 bits per heavy atom. The second kappa shape index (κ2) is 6.40. The number of hydrogen-bond acceptors (Lipinski definition) is 3. The third-order valence-corrected chi connectivity index (χ3v) is 2.77. The zero-order valence-corrected chi connectivity index (χ0v) is 11.1. The van der Waals surface area contributed by atoms with Gasteiger partial charge in [0.25, 0.3) is 0 Å². The van der Waals surface area contributed by atoms with E-state index in [0.29, 0.717) is 12.5 Å². The summed E-state index contributed by atoms with van der Waals surface area (Å²) in [5.74, 6) is 1.51. The zero-order valence-electron chi connectivity index (χ0n) is 11.1. The van der Waals surface area contributed by atoms with Gasteiger partial charge in [0.15, 0.2) is 0 Å². The van der Waals surface area contributed by atoms with Crippen molar-refractivity contribution in [1.82, 2.24) is 9.97 Å². The first-order chi connectivity index (χ1) is 8.75. The molecule has 1 aromatic carbocycles. The molecule has 0 aliphatic heterocycles. The lowest BCUT2D eigenvalue weighted by Gasteiger charge is -2.06. The first kappa shape index (κ1) is 12.9. The molecule has 18 heavy (non-hydrogen) atoms. The molecule has 0 unspecified atom stereocenters. The van der Waals surface area contributed by atoms with Crippen LogP contribution in [0.4, 0.5) is 5.95 Å². The molecule has 0 bridgehead atoms. The fourth-order valence-electron chi connectivity index (χ4n) is 1.70. The van der Waals surface area contributed by atoms with E-state index in [1.165, 1.54) is 0 Å². The van der Waals surface area contributed by atoms with Gasteiger partial charge in [-0.15, -0.1) is 0 Å². The molecule has 0 aliphatic carbocycles. The van der Waals surface area contributed by atoms with Crippen molar-refractivity contribution in [2.45, 2.75) is 20.3 Å². The number of ether oxygens (including phenoxy) is 1. The van der Waals surface area contributed by atoms with Gasteiger partial charge in [-0.2, -0.15) is 0 Å². The lowest BCUT2D eigenvalue weighted by atomic mass is 10.1. The van der Waals surface area contributed by atoms with Crippen molar-refractivity contribution in [3.05, 3.63) is 24.3 Å². The molecule has 0 aliphatic rings. The predicted octanol–water partition coefficient (Wildman–Crippen LogP) is 3.04. The average Bonchev–Trinajstić information content (AvgIpc) is 2.75. The summed E-state index contributed by atoms with van der Waals surface area (Å²) in [7, 11) is 0. The summed E-state index contributed by atoms with van der Waals surface area (Å²) in [6.45, 7) is 6.73. The maximum absolute atomic E-state index is 5.54. The molecule has 0 radical (unpaired) electrons. The number of H-pyrrole nitrogens is 1. The molecule has 1 heterocycles. The van der Waals surface area contributed by atoms with Crippen LogP contribution in [-0.2, 0) is 4.74 Å². The van der Waals surface area contributed by atoms with Gasteiger partial charge < -0.3 is 15.0 Å². The molecule has 0 spiro atoms. The Bertz CT molecular complexity index is 446. The standard InChI is InChI=1S/C14H21N3O/c1-11(2)7-9-18-10-8-15-14-16-12-5-3-4-6-13(12)17-14/h3-6,11H,7-10H2,1-2H3,(H2,15,16,17). The summed E-state index contributed by atoms with van der Waals surface area (Å²) < 4.78 is 5.54. The Morgan fingerprint density at radius 2 is 2.11 bits per heavy atom. The summed E-state index contributed by atoms with van der Waals surface area (Å²) >= 11 is 0. The monoisotopic (exact) mass is 247 g/mol. The van der Waals surface area contributed by atoms with Crippen molar-refractivity contribution in [2.24, 2.45) is 5.92 Å². The fourth-order valence-corrected chi connectivity index (χ4v) is 1.70. The van der Waals surface area contributed by atoms with Crippen LogP contribution in [-0.4, -0.2) is 29.7 Å². The lowest BCUT2D eigenvalue weighted by molar-refractivity contribution is 0.132. The first-order valence-electron chi connectivity index (χ1n) is 6.52. The minimum Gasteiger partial charge on any atom is -0.380 e. The van der Waals surface area contributed by atoms with E-state index in [2.05, 4.69) is 29.1 Å². The van der Waals surface area contributed by atoms with Crippen molar-refractivity contribution in [2.75, 3.05) is 25.1 Å². The number of hydrogen-bond donors (Lipinski definition) is 2. The third kappa shape index (κ3) is 3.74. The predicted molar refractivity (Wildman–Crippen MR) is 74.9 cm³/mol. The van der Waals surface area contributed by atoms with Crippen molar-refractivity contribution in [3.63, 3.8) is 0 Å². The van der Waals surface area contributed by atoms with E-state index < -0.39 is 0 Å². The van der Waals surface area contributed by atoms with Gasteiger partial charge in [0.2, 0.25) is 5.95 Å². The largest absolute Gasteiger partial charge is 0.380 e. The van der Waals surface area contributed by atoms with E-state index in [0.717, 1.165) is 36.6 Å². The van der Waals surface area contributed by atoms with Gasteiger partial charge in [-0.05, 0) is 24.5 Å². The third-order valence-electron chi connectivity index (χ3n) is 2.77. The van der Waals surface area contributed by atoms with Gasteiger partial charge in [-0.25, -0.2) is 4.98 Å². The molecule has 2 N–H and O–H groups in total. The number of fused-ring (bicyclic) bond motifs is 1. The van der Waals surface area contributed by atoms with E-state index in [1.807, 2.05) is 24.3 Å². The highest BCUT2D eigenvalue weighted by Gasteiger charge is 2.00. The highest BCUT2D eigenvalue weighted by atomic mass is 16.5. The molecule has 4 heteroatoms. The van der Waals surface area contributed by atoms with E-state index in [-0.39, 0.29) is 0 Å². The van der Waals surface area contributed by atoms with Crippen LogP contribution in [0, 0.1) is 5.92 Å². The average molecular weight is 247 g/mol. The smallest absolute Gasteiger partial charge is 0.201 e. The molecular formula is C14H21N3O. The number of nitrogens with zero attached hydrogens (tertiary/aromatic N) is 1. The SMILES string of the molecule is CC(C)CCOCCNc1nc2ccccc2[nH]1. The quantitative estimate of drug-likeness (QED) is 0.739. The molecule has 0 atom stereocenters.